The Morgan fingerprint density at radius 3 is 1.87 bits per heavy atom. The molecule has 0 aliphatic rings. The molecule has 0 aliphatic carbocycles. The fourth-order valence-corrected chi connectivity index (χ4v) is 3.58. The van der Waals surface area contributed by atoms with Crippen LogP contribution in [0.5, 0.6) is 0 Å². The summed E-state index contributed by atoms with van der Waals surface area (Å²) in [5.74, 6) is 0.673. The van der Waals surface area contributed by atoms with Gasteiger partial charge in [0, 0.05) is 5.71 Å². The lowest BCUT2D eigenvalue weighted by atomic mass is 10.1. The van der Waals surface area contributed by atoms with Crippen LogP contribution in [0.3, 0.4) is 0 Å². The van der Waals surface area contributed by atoms with Crippen LogP contribution in [0.1, 0.15) is 98.3 Å². The summed E-state index contributed by atoms with van der Waals surface area (Å²) in [6.07, 6.45) is 12.9. The minimum Gasteiger partial charge on any atom is -0.205 e. The van der Waals surface area contributed by atoms with E-state index >= 15 is 0 Å². The second kappa shape index (κ2) is 13.8. The molecule has 0 rings (SSSR count). The third-order valence-electron chi connectivity index (χ3n) is 3.85. The molecule has 0 aromatic heterocycles. The van der Waals surface area contributed by atoms with Crippen molar-refractivity contribution in [1.82, 2.24) is 4.83 Å². The minimum atomic E-state index is -3.26. The molecule has 0 spiro atoms. The summed E-state index contributed by atoms with van der Waals surface area (Å²) < 4.78 is 23.7. The number of unbranched alkanes of at least 4 members (excludes halogenated alkanes) is 9. The molecule has 0 aromatic carbocycles. The molecular weight excluding hydrogens is 308 g/mol. The van der Waals surface area contributed by atoms with Crippen LogP contribution in [0.2, 0.25) is 0 Å². The molecule has 4 nitrogen and oxygen atoms in total. The molecule has 0 aromatic rings. The van der Waals surface area contributed by atoms with E-state index in [1.807, 2.05) is 6.92 Å². The van der Waals surface area contributed by atoms with Crippen LogP contribution in [0.15, 0.2) is 5.10 Å². The van der Waals surface area contributed by atoms with Crippen molar-refractivity contribution in [3.05, 3.63) is 0 Å². The molecule has 0 saturated heterocycles. The van der Waals surface area contributed by atoms with Gasteiger partial charge in [0.05, 0.1) is 5.75 Å². The second-order valence-electron chi connectivity index (χ2n) is 7.04. The van der Waals surface area contributed by atoms with E-state index in [9.17, 15) is 8.42 Å². The summed E-state index contributed by atoms with van der Waals surface area (Å²) >= 11 is 0. The van der Waals surface area contributed by atoms with Crippen LogP contribution < -0.4 is 4.83 Å². The first-order valence-electron chi connectivity index (χ1n) is 9.40. The molecule has 23 heavy (non-hydrogen) atoms. The molecule has 138 valence electrons. The first-order chi connectivity index (χ1) is 10.9. The van der Waals surface area contributed by atoms with Gasteiger partial charge in [-0.15, -0.1) is 0 Å². The van der Waals surface area contributed by atoms with Crippen molar-refractivity contribution in [2.75, 3.05) is 5.75 Å². The van der Waals surface area contributed by atoms with Gasteiger partial charge in [0.1, 0.15) is 0 Å². The van der Waals surface area contributed by atoms with Crippen molar-refractivity contribution in [2.24, 2.45) is 11.0 Å². The fraction of sp³-hybridized carbons (Fsp3) is 0.944. The number of rotatable bonds is 15. The Balaban J connectivity index is 3.63. The molecule has 0 atom stereocenters. The zero-order valence-electron chi connectivity index (χ0n) is 15.7. The van der Waals surface area contributed by atoms with Gasteiger partial charge in [-0.2, -0.15) is 5.10 Å². The zero-order chi connectivity index (χ0) is 17.6. The van der Waals surface area contributed by atoms with Gasteiger partial charge in [-0.25, -0.2) is 13.2 Å². The summed E-state index contributed by atoms with van der Waals surface area (Å²) in [5.41, 5.74) is 0.839. The van der Waals surface area contributed by atoms with Crippen LogP contribution >= 0.6 is 0 Å². The Morgan fingerprint density at radius 2 is 1.39 bits per heavy atom. The quantitative estimate of drug-likeness (QED) is 0.250. The van der Waals surface area contributed by atoms with Gasteiger partial charge in [0.25, 0.3) is 0 Å². The van der Waals surface area contributed by atoms with Gasteiger partial charge >= 0.3 is 0 Å². The smallest absolute Gasteiger partial charge is 0.205 e. The van der Waals surface area contributed by atoms with Crippen molar-refractivity contribution in [1.29, 1.82) is 0 Å². The number of nitrogens with one attached hydrogen (secondary N) is 1. The highest BCUT2D eigenvalue weighted by Gasteiger charge is 2.08. The molecule has 0 radical (unpaired) electrons. The standard InChI is InChI=1S/C18H38N2O2S/c1-5-6-7-8-9-10-11-12-13-14-15-23(21,22)20-19-18(4)16-17(2)3/h17,20H,5-16H2,1-4H3/b19-18+. The maximum atomic E-state index is 11.8. The van der Waals surface area contributed by atoms with Crippen molar-refractivity contribution >= 4 is 15.7 Å². The Labute approximate surface area is 144 Å². The third-order valence-corrected chi connectivity index (χ3v) is 5.04. The Hall–Kier alpha value is -0.580. The van der Waals surface area contributed by atoms with Crippen molar-refractivity contribution < 1.29 is 8.42 Å². The topological polar surface area (TPSA) is 58.5 Å². The van der Waals surface area contributed by atoms with E-state index in [4.69, 9.17) is 0 Å². The molecule has 0 heterocycles. The number of hydrogen-bond acceptors (Lipinski definition) is 3. The summed E-state index contributed by atoms with van der Waals surface area (Å²) in [5, 5.41) is 3.98. The highest BCUT2D eigenvalue weighted by atomic mass is 32.2. The molecule has 0 fully saturated rings. The van der Waals surface area contributed by atoms with Crippen LogP contribution in [-0.2, 0) is 10.0 Å². The largest absolute Gasteiger partial charge is 0.247 e. The van der Waals surface area contributed by atoms with Gasteiger partial charge in [-0.05, 0) is 25.7 Å². The summed E-state index contributed by atoms with van der Waals surface area (Å²) in [6, 6.07) is 0. The molecule has 1 N–H and O–H groups in total. The first kappa shape index (κ1) is 22.4. The Kier molecular flexibility index (Phi) is 13.5. The molecule has 0 bridgehead atoms. The van der Waals surface area contributed by atoms with Crippen LogP contribution in [0, 0.1) is 5.92 Å². The number of hydrogen-bond donors (Lipinski definition) is 1. The highest BCUT2D eigenvalue weighted by Crippen LogP contribution is 2.10. The lowest BCUT2D eigenvalue weighted by Crippen LogP contribution is -2.23. The molecule has 5 heteroatoms. The summed E-state index contributed by atoms with van der Waals surface area (Å²) in [7, 11) is -3.26. The van der Waals surface area contributed by atoms with E-state index < -0.39 is 10.0 Å². The number of sulfonamides is 1. The molecule has 0 amide bonds. The van der Waals surface area contributed by atoms with Crippen LogP contribution in [0.4, 0.5) is 0 Å². The van der Waals surface area contributed by atoms with Crippen LogP contribution in [-0.4, -0.2) is 19.9 Å². The Bertz CT molecular complexity index is 403. The van der Waals surface area contributed by atoms with Crippen molar-refractivity contribution in [3.8, 4) is 0 Å². The van der Waals surface area contributed by atoms with Gasteiger partial charge in [0.15, 0.2) is 0 Å². The first-order valence-corrected chi connectivity index (χ1v) is 11.0. The predicted molar refractivity (Wildman–Crippen MR) is 101 cm³/mol. The third kappa shape index (κ3) is 16.1. The van der Waals surface area contributed by atoms with Gasteiger partial charge < -0.3 is 0 Å². The predicted octanol–water partition coefficient (Wildman–Crippen LogP) is 5.25. The van der Waals surface area contributed by atoms with E-state index in [0.29, 0.717) is 5.92 Å². The van der Waals surface area contributed by atoms with E-state index in [1.54, 1.807) is 0 Å². The van der Waals surface area contributed by atoms with Crippen molar-refractivity contribution in [3.63, 3.8) is 0 Å². The Morgan fingerprint density at radius 1 is 0.913 bits per heavy atom. The van der Waals surface area contributed by atoms with Gasteiger partial charge in [0.2, 0.25) is 10.0 Å². The maximum Gasteiger partial charge on any atom is 0.247 e. The zero-order valence-corrected chi connectivity index (χ0v) is 16.6. The van der Waals surface area contributed by atoms with E-state index in [2.05, 4.69) is 30.7 Å². The van der Waals surface area contributed by atoms with Gasteiger partial charge in [-0.1, -0.05) is 78.6 Å². The normalized spacial score (nSPS) is 12.8. The van der Waals surface area contributed by atoms with E-state index in [1.165, 1.54) is 44.9 Å². The number of nitrogens with zero attached hydrogens (tertiary/aromatic N) is 1. The minimum absolute atomic E-state index is 0.182. The molecule has 0 aliphatic heterocycles. The SMILES string of the molecule is CCCCCCCCCCCCS(=O)(=O)N/N=C(\C)CC(C)C. The average molecular weight is 347 g/mol. The lowest BCUT2D eigenvalue weighted by molar-refractivity contribution is 0.555. The summed E-state index contributed by atoms with van der Waals surface area (Å²) in [6.45, 7) is 8.29. The molecule has 0 unspecified atom stereocenters. The van der Waals surface area contributed by atoms with E-state index in [0.717, 1.165) is 31.4 Å². The highest BCUT2D eigenvalue weighted by molar-refractivity contribution is 7.89. The second-order valence-corrected chi connectivity index (χ2v) is 8.86. The van der Waals surface area contributed by atoms with E-state index in [-0.39, 0.29) is 5.75 Å². The summed E-state index contributed by atoms with van der Waals surface area (Å²) in [4.78, 5) is 2.36. The maximum absolute atomic E-state index is 11.8. The number of hydrazone groups is 1. The van der Waals surface area contributed by atoms with Gasteiger partial charge in [-0.3, -0.25) is 0 Å². The van der Waals surface area contributed by atoms with Crippen LogP contribution in [0.25, 0.3) is 0 Å². The molecule has 0 saturated carbocycles. The van der Waals surface area contributed by atoms with Crippen molar-refractivity contribution in [2.45, 2.75) is 98.3 Å². The molecular formula is C18H38N2O2S. The lowest BCUT2D eigenvalue weighted by Gasteiger charge is -2.07. The fourth-order valence-electron chi connectivity index (χ4n) is 2.61. The monoisotopic (exact) mass is 346 g/mol. The average Bonchev–Trinajstić information content (AvgIpc) is 2.46.